The number of rotatable bonds is 7. The van der Waals surface area contributed by atoms with E-state index in [-0.39, 0.29) is 17.9 Å². The number of hydrogen-bond donors (Lipinski definition) is 2. The van der Waals surface area contributed by atoms with Crippen LogP contribution in [0.15, 0.2) is 11.6 Å². The highest BCUT2D eigenvalue weighted by atomic mass is 16.2. The van der Waals surface area contributed by atoms with Crippen molar-refractivity contribution >= 4 is 11.8 Å². The molecule has 0 saturated heterocycles. The van der Waals surface area contributed by atoms with Crippen LogP contribution >= 0.6 is 0 Å². The zero-order valence-electron chi connectivity index (χ0n) is 16.6. The third kappa shape index (κ3) is 4.79. The van der Waals surface area contributed by atoms with E-state index in [1.54, 1.807) is 0 Å². The number of allylic oxidation sites excluding steroid dienone is 1. The Morgan fingerprint density at radius 2 is 2.00 bits per heavy atom. The highest BCUT2D eigenvalue weighted by Gasteiger charge is 2.27. The number of hydrogen-bond acceptors (Lipinski definition) is 3. The first kappa shape index (κ1) is 19.6. The van der Waals surface area contributed by atoms with Crippen molar-refractivity contribution in [1.82, 2.24) is 20.2 Å². The standard InChI is InChI=1S/C21H32N4O2/c1-3-15(2)23-20(26)18-17-11-7-8-14-25(17)19(24-18)21(27)22-13-12-16-9-5-4-6-10-16/h9,15H,3-8,10-14H2,1-2H3,(H,22,27)(H,23,26). The minimum atomic E-state index is -0.169. The van der Waals surface area contributed by atoms with Gasteiger partial charge in [-0.3, -0.25) is 9.59 Å². The molecule has 0 fully saturated rings. The molecule has 6 heteroatoms. The number of nitrogens with zero attached hydrogens (tertiary/aromatic N) is 2. The van der Waals surface area contributed by atoms with Gasteiger partial charge in [0.1, 0.15) is 5.69 Å². The number of carbonyl (C=O) groups excluding carboxylic acids is 2. The summed E-state index contributed by atoms with van der Waals surface area (Å²) in [5, 5.41) is 5.99. The molecule has 27 heavy (non-hydrogen) atoms. The van der Waals surface area contributed by atoms with Crippen LogP contribution in [0.25, 0.3) is 0 Å². The highest BCUT2D eigenvalue weighted by Crippen LogP contribution is 2.22. The maximum atomic E-state index is 12.7. The summed E-state index contributed by atoms with van der Waals surface area (Å²) in [6.07, 6.45) is 11.8. The van der Waals surface area contributed by atoms with Crippen LogP contribution in [0.4, 0.5) is 0 Å². The Bertz CT molecular complexity index is 720. The van der Waals surface area contributed by atoms with Crippen LogP contribution in [-0.4, -0.2) is 34.0 Å². The SMILES string of the molecule is CCC(C)NC(=O)c1nc(C(=O)NCCC2=CCCCC2)n2c1CCCC2. The molecule has 0 aromatic carbocycles. The molecular formula is C21H32N4O2. The van der Waals surface area contributed by atoms with E-state index in [0.717, 1.165) is 57.2 Å². The third-order valence-corrected chi connectivity index (χ3v) is 5.64. The van der Waals surface area contributed by atoms with Crippen molar-refractivity contribution in [3.05, 3.63) is 28.9 Å². The molecule has 1 aromatic rings. The van der Waals surface area contributed by atoms with Crippen LogP contribution in [0.2, 0.25) is 0 Å². The summed E-state index contributed by atoms with van der Waals surface area (Å²) < 4.78 is 1.95. The van der Waals surface area contributed by atoms with E-state index in [2.05, 4.69) is 21.7 Å². The number of aromatic nitrogens is 2. The van der Waals surface area contributed by atoms with E-state index in [1.165, 1.54) is 18.4 Å². The van der Waals surface area contributed by atoms with Gasteiger partial charge in [0.2, 0.25) is 0 Å². The zero-order chi connectivity index (χ0) is 19.2. The lowest BCUT2D eigenvalue weighted by Gasteiger charge is -2.18. The van der Waals surface area contributed by atoms with Gasteiger partial charge in [-0.2, -0.15) is 0 Å². The van der Waals surface area contributed by atoms with Crippen LogP contribution in [0.3, 0.4) is 0 Å². The predicted octanol–water partition coefficient (Wildman–Crippen LogP) is 3.37. The Kier molecular flexibility index (Phi) is 6.69. The van der Waals surface area contributed by atoms with Crippen molar-refractivity contribution in [2.24, 2.45) is 0 Å². The molecule has 3 rings (SSSR count). The Balaban J connectivity index is 1.69. The van der Waals surface area contributed by atoms with E-state index in [1.807, 2.05) is 18.4 Å². The Morgan fingerprint density at radius 3 is 2.74 bits per heavy atom. The van der Waals surface area contributed by atoms with Gasteiger partial charge in [0, 0.05) is 19.1 Å². The summed E-state index contributed by atoms with van der Waals surface area (Å²) in [6, 6.07) is 0.0967. The predicted molar refractivity (Wildman–Crippen MR) is 106 cm³/mol. The van der Waals surface area contributed by atoms with Gasteiger partial charge in [0.25, 0.3) is 11.8 Å². The molecule has 148 valence electrons. The Labute approximate surface area is 161 Å². The summed E-state index contributed by atoms with van der Waals surface area (Å²) in [4.78, 5) is 29.8. The molecule has 0 spiro atoms. The molecule has 0 saturated carbocycles. The van der Waals surface area contributed by atoms with Crippen LogP contribution in [0, 0.1) is 0 Å². The molecule has 2 amide bonds. The van der Waals surface area contributed by atoms with Gasteiger partial charge in [0.05, 0.1) is 5.69 Å². The number of nitrogens with one attached hydrogen (secondary N) is 2. The van der Waals surface area contributed by atoms with Gasteiger partial charge in [-0.05, 0) is 64.7 Å². The Hall–Kier alpha value is -2.11. The minimum Gasteiger partial charge on any atom is -0.349 e. The lowest BCUT2D eigenvalue weighted by atomic mass is 9.97. The lowest BCUT2D eigenvalue weighted by Crippen LogP contribution is -2.33. The van der Waals surface area contributed by atoms with Gasteiger partial charge in [-0.15, -0.1) is 0 Å². The summed E-state index contributed by atoms with van der Waals surface area (Å²) in [5.41, 5.74) is 2.78. The van der Waals surface area contributed by atoms with E-state index in [9.17, 15) is 9.59 Å². The van der Waals surface area contributed by atoms with Crippen molar-refractivity contribution in [1.29, 1.82) is 0 Å². The van der Waals surface area contributed by atoms with Crippen LogP contribution in [-0.2, 0) is 13.0 Å². The largest absolute Gasteiger partial charge is 0.349 e. The second-order valence-electron chi connectivity index (χ2n) is 7.74. The van der Waals surface area contributed by atoms with Crippen LogP contribution in [0.5, 0.6) is 0 Å². The van der Waals surface area contributed by atoms with Crippen molar-refractivity contribution in [2.45, 2.75) is 84.2 Å². The second-order valence-corrected chi connectivity index (χ2v) is 7.74. The molecule has 1 atom stereocenters. The average molecular weight is 373 g/mol. The number of amides is 2. The van der Waals surface area contributed by atoms with E-state index in [0.29, 0.717) is 18.1 Å². The van der Waals surface area contributed by atoms with E-state index >= 15 is 0 Å². The smallest absolute Gasteiger partial charge is 0.287 e. The van der Waals surface area contributed by atoms with Crippen LogP contribution in [0.1, 0.15) is 92.0 Å². The molecule has 2 aliphatic rings. The van der Waals surface area contributed by atoms with Gasteiger partial charge >= 0.3 is 0 Å². The average Bonchev–Trinajstić information content (AvgIpc) is 3.08. The number of fused-ring (bicyclic) bond motifs is 1. The van der Waals surface area contributed by atoms with Gasteiger partial charge in [0.15, 0.2) is 5.82 Å². The first-order valence-corrected chi connectivity index (χ1v) is 10.5. The summed E-state index contributed by atoms with van der Waals surface area (Å²) in [7, 11) is 0. The van der Waals surface area contributed by atoms with Gasteiger partial charge in [-0.1, -0.05) is 18.6 Å². The highest BCUT2D eigenvalue weighted by molar-refractivity contribution is 5.97. The number of carbonyl (C=O) groups is 2. The molecule has 2 N–H and O–H groups in total. The molecule has 0 bridgehead atoms. The third-order valence-electron chi connectivity index (χ3n) is 5.64. The lowest BCUT2D eigenvalue weighted by molar-refractivity contribution is 0.0933. The van der Waals surface area contributed by atoms with Gasteiger partial charge in [-0.25, -0.2) is 4.98 Å². The van der Waals surface area contributed by atoms with Crippen molar-refractivity contribution in [3.63, 3.8) is 0 Å². The molecule has 0 radical (unpaired) electrons. The van der Waals surface area contributed by atoms with E-state index in [4.69, 9.17) is 0 Å². The molecule has 6 nitrogen and oxygen atoms in total. The maximum absolute atomic E-state index is 12.7. The molecule has 2 heterocycles. The fourth-order valence-corrected chi connectivity index (χ4v) is 3.84. The van der Waals surface area contributed by atoms with Crippen LogP contribution < -0.4 is 10.6 Å². The topological polar surface area (TPSA) is 76.0 Å². The van der Waals surface area contributed by atoms with Crippen molar-refractivity contribution in [3.8, 4) is 0 Å². The first-order chi connectivity index (χ1) is 13.1. The summed E-state index contributed by atoms with van der Waals surface area (Å²) >= 11 is 0. The molecule has 1 unspecified atom stereocenters. The fourth-order valence-electron chi connectivity index (χ4n) is 3.84. The maximum Gasteiger partial charge on any atom is 0.287 e. The normalized spacial score (nSPS) is 17.6. The molecule has 1 aromatic heterocycles. The molecular weight excluding hydrogens is 340 g/mol. The quantitative estimate of drug-likeness (QED) is 0.721. The van der Waals surface area contributed by atoms with Crippen molar-refractivity contribution < 1.29 is 9.59 Å². The summed E-state index contributed by atoms with van der Waals surface area (Å²) in [6.45, 7) is 5.40. The molecule has 1 aliphatic carbocycles. The zero-order valence-corrected chi connectivity index (χ0v) is 16.6. The Morgan fingerprint density at radius 1 is 1.19 bits per heavy atom. The first-order valence-electron chi connectivity index (χ1n) is 10.5. The minimum absolute atomic E-state index is 0.0967. The van der Waals surface area contributed by atoms with Crippen molar-refractivity contribution in [2.75, 3.05) is 6.54 Å². The monoisotopic (exact) mass is 372 g/mol. The number of imidazole rings is 1. The van der Waals surface area contributed by atoms with E-state index < -0.39 is 0 Å². The van der Waals surface area contributed by atoms with Gasteiger partial charge < -0.3 is 15.2 Å². The fraction of sp³-hybridized carbons (Fsp3) is 0.667. The second kappa shape index (κ2) is 9.20. The summed E-state index contributed by atoms with van der Waals surface area (Å²) in [5.74, 6) is 0.0511. The molecule has 1 aliphatic heterocycles.